The second kappa shape index (κ2) is 7.93. The molecule has 21 heavy (non-hydrogen) atoms. The summed E-state index contributed by atoms with van der Waals surface area (Å²) in [7, 11) is 3.28. The van der Waals surface area contributed by atoms with Crippen molar-refractivity contribution in [2.75, 3.05) is 27.2 Å². The first kappa shape index (κ1) is 17.4. The van der Waals surface area contributed by atoms with Gasteiger partial charge in [0, 0.05) is 32.8 Å². The smallest absolute Gasteiger partial charge is 0.191 e. The Kier molecular flexibility index (Phi) is 6.55. The van der Waals surface area contributed by atoms with Gasteiger partial charge in [0.1, 0.15) is 11.6 Å². The number of hydrogen-bond donors (Lipinski definition) is 2. The number of ether oxygens (including phenoxy) is 1. The quantitative estimate of drug-likeness (QED) is 0.624. The van der Waals surface area contributed by atoms with E-state index in [9.17, 15) is 8.78 Å². The van der Waals surface area contributed by atoms with Gasteiger partial charge in [0.05, 0.1) is 5.60 Å². The summed E-state index contributed by atoms with van der Waals surface area (Å²) >= 11 is 0. The first-order valence-corrected chi connectivity index (χ1v) is 6.82. The molecule has 4 nitrogen and oxygen atoms in total. The summed E-state index contributed by atoms with van der Waals surface area (Å²) in [4.78, 5) is 4.05. The summed E-state index contributed by atoms with van der Waals surface area (Å²) in [6.07, 6.45) is 0.243. The van der Waals surface area contributed by atoms with Crippen molar-refractivity contribution in [3.8, 4) is 0 Å². The van der Waals surface area contributed by atoms with E-state index < -0.39 is 11.6 Å². The van der Waals surface area contributed by atoms with Crippen molar-refractivity contribution in [2.24, 2.45) is 4.99 Å². The third kappa shape index (κ3) is 5.67. The normalized spacial score (nSPS) is 12.4. The Morgan fingerprint density at radius 1 is 1.24 bits per heavy atom. The molecular weight excluding hydrogens is 276 g/mol. The zero-order valence-electron chi connectivity index (χ0n) is 13.0. The predicted octanol–water partition coefficient (Wildman–Crippen LogP) is 2.10. The van der Waals surface area contributed by atoms with Gasteiger partial charge in [0.15, 0.2) is 5.96 Å². The van der Waals surface area contributed by atoms with Crippen LogP contribution in [0.5, 0.6) is 0 Å². The van der Waals surface area contributed by atoms with E-state index in [0.717, 1.165) is 0 Å². The van der Waals surface area contributed by atoms with Crippen LogP contribution in [0.15, 0.2) is 23.2 Å². The Bertz CT molecular complexity index is 470. The zero-order chi connectivity index (χ0) is 15.9. The van der Waals surface area contributed by atoms with E-state index in [1.165, 1.54) is 18.2 Å². The molecule has 0 spiro atoms. The highest BCUT2D eigenvalue weighted by atomic mass is 19.1. The molecule has 1 aromatic carbocycles. The third-order valence-corrected chi connectivity index (χ3v) is 3.19. The third-order valence-electron chi connectivity index (χ3n) is 3.19. The summed E-state index contributed by atoms with van der Waals surface area (Å²) in [5.41, 5.74) is -0.243. The molecule has 0 aliphatic rings. The van der Waals surface area contributed by atoms with Gasteiger partial charge in [-0.1, -0.05) is 6.07 Å². The van der Waals surface area contributed by atoms with Gasteiger partial charge >= 0.3 is 0 Å². The maximum atomic E-state index is 13.5. The van der Waals surface area contributed by atoms with Gasteiger partial charge in [0.25, 0.3) is 0 Å². The largest absolute Gasteiger partial charge is 0.377 e. The van der Waals surface area contributed by atoms with E-state index >= 15 is 0 Å². The van der Waals surface area contributed by atoms with Crippen molar-refractivity contribution < 1.29 is 13.5 Å². The van der Waals surface area contributed by atoms with E-state index in [1.54, 1.807) is 14.2 Å². The van der Waals surface area contributed by atoms with E-state index in [4.69, 9.17) is 4.74 Å². The van der Waals surface area contributed by atoms with E-state index in [0.29, 0.717) is 19.0 Å². The Morgan fingerprint density at radius 3 is 2.38 bits per heavy atom. The fourth-order valence-corrected chi connectivity index (χ4v) is 1.67. The van der Waals surface area contributed by atoms with Crippen LogP contribution in [-0.2, 0) is 11.2 Å². The summed E-state index contributed by atoms with van der Waals surface area (Å²) in [6.45, 7) is 4.84. The molecule has 2 N–H and O–H groups in total. The molecular formula is C15H23F2N3O. The van der Waals surface area contributed by atoms with Gasteiger partial charge < -0.3 is 15.4 Å². The van der Waals surface area contributed by atoms with Gasteiger partial charge in [0.2, 0.25) is 0 Å². The molecule has 118 valence electrons. The van der Waals surface area contributed by atoms with Crippen LogP contribution in [0.3, 0.4) is 0 Å². The minimum Gasteiger partial charge on any atom is -0.377 e. The lowest BCUT2D eigenvalue weighted by Crippen LogP contribution is -2.45. The number of hydrogen-bond acceptors (Lipinski definition) is 2. The predicted molar refractivity (Wildman–Crippen MR) is 80.5 cm³/mol. The Balaban J connectivity index is 2.46. The highest BCUT2D eigenvalue weighted by Crippen LogP contribution is 2.12. The number of nitrogens with zero attached hydrogens (tertiary/aromatic N) is 1. The second-order valence-corrected chi connectivity index (χ2v) is 5.27. The second-order valence-electron chi connectivity index (χ2n) is 5.27. The van der Waals surface area contributed by atoms with Crippen LogP contribution in [0.1, 0.15) is 19.4 Å². The Morgan fingerprint density at radius 2 is 1.86 bits per heavy atom. The molecule has 0 aromatic heterocycles. The van der Waals surface area contributed by atoms with Crippen LogP contribution in [0, 0.1) is 11.6 Å². The Hall–Kier alpha value is -1.69. The summed E-state index contributed by atoms with van der Waals surface area (Å²) in [6, 6.07) is 3.87. The number of guanidine groups is 1. The summed E-state index contributed by atoms with van der Waals surface area (Å²) < 4.78 is 32.2. The van der Waals surface area contributed by atoms with Crippen LogP contribution in [0.25, 0.3) is 0 Å². The molecule has 0 aliphatic heterocycles. The van der Waals surface area contributed by atoms with Crippen LogP contribution in [0.2, 0.25) is 0 Å². The lowest BCUT2D eigenvalue weighted by Gasteiger charge is -2.24. The Labute approximate surface area is 124 Å². The summed E-state index contributed by atoms with van der Waals surface area (Å²) in [5, 5.41) is 6.12. The SMILES string of the molecule is CN=C(NCCc1c(F)cccc1F)NCC(C)(C)OC. The van der Waals surface area contributed by atoms with Gasteiger partial charge in [-0.3, -0.25) is 4.99 Å². The molecule has 0 saturated carbocycles. The monoisotopic (exact) mass is 299 g/mol. The topological polar surface area (TPSA) is 45.7 Å². The van der Waals surface area contributed by atoms with Crippen molar-refractivity contribution in [1.29, 1.82) is 0 Å². The zero-order valence-corrected chi connectivity index (χ0v) is 13.0. The lowest BCUT2D eigenvalue weighted by atomic mass is 10.1. The first-order valence-electron chi connectivity index (χ1n) is 6.82. The number of nitrogens with one attached hydrogen (secondary N) is 2. The van der Waals surface area contributed by atoms with E-state index in [1.807, 2.05) is 13.8 Å². The minimum atomic E-state index is -0.528. The average molecular weight is 299 g/mol. The molecule has 0 bridgehead atoms. The van der Waals surface area contributed by atoms with Gasteiger partial charge in [-0.05, 0) is 32.4 Å². The number of halogens is 2. The molecule has 0 radical (unpaired) electrons. The molecule has 6 heteroatoms. The first-order chi connectivity index (χ1) is 9.89. The van der Waals surface area contributed by atoms with Crippen LogP contribution >= 0.6 is 0 Å². The molecule has 0 unspecified atom stereocenters. The van der Waals surface area contributed by atoms with Crippen molar-refractivity contribution in [2.45, 2.75) is 25.9 Å². The van der Waals surface area contributed by atoms with Gasteiger partial charge in [-0.15, -0.1) is 0 Å². The molecule has 0 heterocycles. The average Bonchev–Trinajstić information content (AvgIpc) is 2.45. The highest BCUT2D eigenvalue weighted by Gasteiger charge is 2.16. The molecule has 1 rings (SSSR count). The van der Waals surface area contributed by atoms with Crippen LogP contribution in [-0.4, -0.2) is 38.8 Å². The molecule has 1 aromatic rings. The maximum absolute atomic E-state index is 13.5. The van der Waals surface area contributed by atoms with Gasteiger partial charge in [-0.25, -0.2) is 8.78 Å². The lowest BCUT2D eigenvalue weighted by molar-refractivity contribution is 0.0268. The van der Waals surface area contributed by atoms with Crippen LogP contribution < -0.4 is 10.6 Å². The highest BCUT2D eigenvalue weighted by molar-refractivity contribution is 5.79. The number of methoxy groups -OCH3 is 1. The maximum Gasteiger partial charge on any atom is 0.191 e. The number of aliphatic imine (C=N–C) groups is 1. The number of benzene rings is 1. The van der Waals surface area contributed by atoms with Crippen molar-refractivity contribution in [3.63, 3.8) is 0 Å². The van der Waals surface area contributed by atoms with E-state index in [2.05, 4.69) is 15.6 Å². The molecule has 0 amide bonds. The van der Waals surface area contributed by atoms with Crippen molar-refractivity contribution in [1.82, 2.24) is 10.6 Å². The van der Waals surface area contributed by atoms with Gasteiger partial charge in [-0.2, -0.15) is 0 Å². The molecule has 0 atom stereocenters. The van der Waals surface area contributed by atoms with Crippen molar-refractivity contribution in [3.05, 3.63) is 35.4 Å². The molecule has 0 aliphatic carbocycles. The minimum absolute atomic E-state index is 0.0812. The molecule has 0 fully saturated rings. The fraction of sp³-hybridized carbons (Fsp3) is 0.533. The fourth-order valence-electron chi connectivity index (χ4n) is 1.67. The number of rotatable bonds is 6. The standard InChI is InChI=1S/C15H23F2N3O/c1-15(2,21-4)10-20-14(18-3)19-9-8-11-12(16)6-5-7-13(11)17/h5-7H,8-10H2,1-4H3,(H2,18,19,20). The molecule has 0 saturated heterocycles. The summed E-state index contributed by atoms with van der Waals surface area (Å²) in [5.74, 6) is -0.489. The van der Waals surface area contributed by atoms with Crippen LogP contribution in [0.4, 0.5) is 8.78 Å². The van der Waals surface area contributed by atoms with Crippen molar-refractivity contribution >= 4 is 5.96 Å². The van der Waals surface area contributed by atoms with E-state index in [-0.39, 0.29) is 17.6 Å².